The molecule has 0 radical (unpaired) electrons. The van der Waals surface area contributed by atoms with Crippen LogP contribution in [0.3, 0.4) is 0 Å². The van der Waals surface area contributed by atoms with Crippen LogP contribution in [0, 0.1) is 0 Å². The van der Waals surface area contributed by atoms with Crippen LogP contribution >= 0.6 is 11.3 Å². The summed E-state index contributed by atoms with van der Waals surface area (Å²) >= 11 is 1.67. The van der Waals surface area contributed by atoms with E-state index in [1.165, 1.54) is 4.88 Å². The number of carbonyl (C=O) groups is 1. The fourth-order valence-corrected chi connectivity index (χ4v) is 2.49. The van der Waals surface area contributed by atoms with Gasteiger partial charge in [0.2, 0.25) is 0 Å². The molecule has 4 nitrogen and oxygen atoms in total. The van der Waals surface area contributed by atoms with E-state index in [4.69, 9.17) is 0 Å². The predicted octanol–water partition coefficient (Wildman–Crippen LogP) is 2.85. The van der Waals surface area contributed by atoms with E-state index in [1.807, 2.05) is 35.4 Å². The summed E-state index contributed by atoms with van der Waals surface area (Å²) in [7, 11) is 1.80. The SMILES string of the molecule is CCN(Cc1cccs1)C(=O)c1ccc(NC)nc1. The molecule has 2 rings (SSSR count). The molecule has 0 aromatic carbocycles. The van der Waals surface area contributed by atoms with E-state index in [0.29, 0.717) is 18.7 Å². The average molecular weight is 275 g/mol. The maximum atomic E-state index is 12.4. The third kappa shape index (κ3) is 3.32. The Morgan fingerprint density at radius 3 is 2.79 bits per heavy atom. The Balaban J connectivity index is 2.10. The second kappa shape index (κ2) is 6.33. The molecule has 0 saturated carbocycles. The van der Waals surface area contributed by atoms with Gasteiger partial charge < -0.3 is 10.2 Å². The minimum absolute atomic E-state index is 0.0195. The van der Waals surface area contributed by atoms with Gasteiger partial charge in [-0.2, -0.15) is 0 Å². The molecule has 2 aromatic heterocycles. The summed E-state index contributed by atoms with van der Waals surface area (Å²) in [6.45, 7) is 3.33. The van der Waals surface area contributed by atoms with Crippen LogP contribution in [0.4, 0.5) is 5.82 Å². The van der Waals surface area contributed by atoms with E-state index < -0.39 is 0 Å². The van der Waals surface area contributed by atoms with Crippen molar-refractivity contribution in [1.82, 2.24) is 9.88 Å². The minimum Gasteiger partial charge on any atom is -0.373 e. The highest BCUT2D eigenvalue weighted by Gasteiger charge is 2.15. The molecule has 100 valence electrons. The Kier molecular flexibility index (Phi) is 4.52. The molecule has 2 aromatic rings. The minimum atomic E-state index is 0.0195. The largest absolute Gasteiger partial charge is 0.373 e. The zero-order chi connectivity index (χ0) is 13.7. The van der Waals surface area contributed by atoms with Crippen LogP contribution in [0.25, 0.3) is 0 Å². The summed E-state index contributed by atoms with van der Waals surface area (Å²) in [5, 5.41) is 4.96. The highest BCUT2D eigenvalue weighted by atomic mass is 32.1. The molecule has 0 aliphatic rings. The average Bonchev–Trinajstić information content (AvgIpc) is 2.97. The van der Waals surface area contributed by atoms with E-state index in [-0.39, 0.29) is 5.91 Å². The molecule has 19 heavy (non-hydrogen) atoms. The molecule has 0 spiro atoms. The van der Waals surface area contributed by atoms with Gasteiger partial charge in [0.15, 0.2) is 0 Å². The zero-order valence-electron chi connectivity index (χ0n) is 11.1. The molecule has 0 aliphatic carbocycles. The Bertz CT molecular complexity index is 522. The normalized spacial score (nSPS) is 10.2. The Morgan fingerprint density at radius 1 is 1.42 bits per heavy atom. The fourth-order valence-electron chi connectivity index (χ4n) is 1.77. The summed E-state index contributed by atoms with van der Waals surface area (Å²) in [6.07, 6.45) is 1.62. The summed E-state index contributed by atoms with van der Waals surface area (Å²) in [5.74, 6) is 0.781. The van der Waals surface area contributed by atoms with Gasteiger partial charge in [0.05, 0.1) is 12.1 Å². The van der Waals surface area contributed by atoms with Gasteiger partial charge >= 0.3 is 0 Å². The lowest BCUT2D eigenvalue weighted by Crippen LogP contribution is -2.30. The van der Waals surface area contributed by atoms with E-state index in [2.05, 4.69) is 10.3 Å². The number of pyridine rings is 1. The summed E-state index contributed by atoms with van der Waals surface area (Å²) < 4.78 is 0. The van der Waals surface area contributed by atoms with Crippen molar-refractivity contribution in [2.75, 3.05) is 18.9 Å². The van der Waals surface area contributed by atoms with E-state index >= 15 is 0 Å². The number of aromatic nitrogens is 1. The van der Waals surface area contributed by atoms with Crippen molar-refractivity contribution in [3.05, 3.63) is 46.3 Å². The summed E-state index contributed by atoms with van der Waals surface area (Å²) in [6, 6.07) is 7.66. The van der Waals surface area contributed by atoms with Crippen molar-refractivity contribution in [1.29, 1.82) is 0 Å². The third-order valence-corrected chi connectivity index (χ3v) is 3.72. The van der Waals surface area contributed by atoms with E-state index in [9.17, 15) is 4.79 Å². The van der Waals surface area contributed by atoms with Crippen LogP contribution in [0.1, 0.15) is 22.2 Å². The van der Waals surface area contributed by atoms with Crippen molar-refractivity contribution in [3.63, 3.8) is 0 Å². The number of rotatable bonds is 5. The first kappa shape index (κ1) is 13.5. The Labute approximate surface area is 117 Å². The zero-order valence-corrected chi connectivity index (χ0v) is 11.9. The summed E-state index contributed by atoms with van der Waals surface area (Å²) in [5.41, 5.74) is 0.623. The maximum Gasteiger partial charge on any atom is 0.255 e. The molecule has 0 atom stereocenters. The van der Waals surface area contributed by atoms with Gasteiger partial charge in [-0.05, 0) is 30.5 Å². The van der Waals surface area contributed by atoms with Gasteiger partial charge in [-0.3, -0.25) is 4.79 Å². The molecule has 1 amide bonds. The molecule has 0 bridgehead atoms. The molecule has 5 heteroatoms. The molecular formula is C14H17N3OS. The predicted molar refractivity (Wildman–Crippen MR) is 78.5 cm³/mol. The van der Waals surface area contributed by atoms with Gasteiger partial charge in [-0.1, -0.05) is 6.07 Å². The second-order valence-electron chi connectivity index (χ2n) is 4.08. The van der Waals surface area contributed by atoms with Gasteiger partial charge in [-0.25, -0.2) is 4.98 Å². The van der Waals surface area contributed by atoms with Crippen LogP contribution in [-0.4, -0.2) is 29.4 Å². The van der Waals surface area contributed by atoms with Gasteiger partial charge in [0, 0.05) is 24.7 Å². The van der Waals surface area contributed by atoms with E-state index in [1.54, 1.807) is 30.6 Å². The molecular weight excluding hydrogens is 258 g/mol. The standard InChI is InChI=1S/C14H17N3OS/c1-3-17(10-12-5-4-8-19-12)14(18)11-6-7-13(15-2)16-9-11/h4-9H,3,10H2,1-2H3,(H,15,16). The quantitative estimate of drug-likeness (QED) is 0.912. The molecule has 2 heterocycles. The first-order valence-corrected chi connectivity index (χ1v) is 7.08. The molecule has 1 N–H and O–H groups in total. The number of carbonyl (C=O) groups excluding carboxylic acids is 1. The lowest BCUT2D eigenvalue weighted by atomic mass is 10.2. The van der Waals surface area contributed by atoms with Crippen LogP contribution in [0.2, 0.25) is 0 Å². The number of hydrogen-bond acceptors (Lipinski definition) is 4. The van der Waals surface area contributed by atoms with Crippen molar-refractivity contribution in [3.8, 4) is 0 Å². The highest BCUT2D eigenvalue weighted by Crippen LogP contribution is 2.14. The highest BCUT2D eigenvalue weighted by molar-refractivity contribution is 7.09. The van der Waals surface area contributed by atoms with Crippen LogP contribution in [-0.2, 0) is 6.54 Å². The maximum absolute atomic E-state index is 12.4. The number of nitrogens with zero attached hydrogens (tertiary/aromatic N) is 2. The fraction of sp³-hybridized carbons (Fsp3) is 0.286. The number of thiophene rings is 1. The van der Waals surface area contributed by atoms with Gasteiger partial charge in [0.25, 0.3) is 5.91 Å². The van der Waals surface area contributed by atoms with Crippen LogP contribution in [0.15, 0.2) is 35.8 Å². The van der Waals surface area contributed by atoms with Gasteiger partial charge in [0.1, 0.15) is 5.82 Å². The Morgan fingerprint density at radius 2 is 2.26 bits per heavy atom. The first-order chi connectivity index (χ1) is 9.24. The van der Waals surface area contributed by atoms with Crippen molar-refractivity contribution in [2.45, 2.75) is 13.5 Å². The molecule has 0 saturated heterocycles. The lowest BCUT2D eigenvalue weighted by molar-refractivity contribution is 0.0754. The first-order valence-electron chi connectivity index (χ1n) is 6.20. The molecule has 0 fully saturated rings. The van der Waals surface area contributed by atoms with Crippen molar-refractivity contribution < 1.29 is 4.79 Å². The van der Waals surface area contributed by atoms with Crippen LogP contribution < -0.4 is 5.32 Å². The second-order valence-corrected chi connectivity index (χ2v) is 5.11. The summed E-state index contributed by atoms with van der Waals surface area (Å²) in [4.78, 5) is 19.6. The van der Waals surface area contributed by atoms with Crippen molar-refractivity contribution >= 4 is 23.1 Å². The smallest absolute Gasteiger partial charge is 0.255 e. The van der Waals surface area contributed by atoms with Crippen LogP contribution in [0.5, 0.6) is 0 Å². The number of anilines is 1. The number of amides is 1. The number of hydrogen-bond donors (Lipinski definition) is 1. The lowest BCUT2D eigenvalue weighted by Gasteiger charge is -2.20. The van der Waals surface area contributed by atoms with E-state index in [0.717, 1.165) is 5.82 Å². The van der Waals surface area contributed by atoms with Gasteiger partial charge in [-0.15, -0.1) is 11.3 Å². The number of nitrogens with one attached hydrogen (secondary N) is 1. The van der Waals surface area contributed by atoms with Crippen molar-refractivity contribution in [2.24, 2.45) is 0 Å². The third-order valence-electron chi connectivity index (χ3n) is 2.86. The molecule has 0 aliphatic heterocycles. The molecule has 0 unspecified atom stereocenters. The topological polar surface area (TPSA) is 45.2 Å². The monoisotopic (exact) mass is 275 g/mol. The Hall–Kier alpha value is -1.88.